The first-order valence-electron chi connectivity index (χ1n) is 9.24. The molecular weight excluding hydrogens is 392 g/mol. The molecule has 0 unspecified atom stereocenters. The van der Waals surface area contributed by atoms with Crippen molar-refractivity contribution in [1.29, 1.82) is 0 Å². The third-order valence-corrected chi connectivity index (χ3v) is 4.48. The molecule has 1 fully saturated rings. The summed E-state index contributed by atoms with van der Waals surface area (Å²) in [6, 6.07) is 9.26. The van der Waals surface area contributed by atoms with Gasteiger partial charge in [-0.1, -0.05) is 30.3 Å². The third kappa shape index (κ3) is 6.83. The van der Waals surface area contributed by atoms with Gasteiger partial charge in [-0.25, -0.2) is 14.4 Å². The number of thioether (sulfide) groups is 1. The second-order valence-electron chi connectivity index (χ2n) is 5.76. The van der Waals surface area contributed by atoms with Crippen LogP contribution in [0.15, 0.2) is 59.5 Å². The molecule has 0 saturated carbocycles. The highest BCUT2D eigenvalue weighted by molar-refractivity contribution is 8.05. The molecule has 0 N–H and O–H groups in total. The quantitative estimate of drug-likeness (QED) is 0.452. The van der Waals surface area contributed by atoms with E-state index in [1.54, 1.807) is 24.2 Å². The summed E-state index contributed by atoms with van der Waals surface area (Å²) in [7, 11) is 0. The van der Waals surface area contributed by atoms with Crippen LogP contribution in [-0.4, -0.2) is 54.1 Å². The maximum atomic E-state index is 12.8. The molecule has 0 spiro atoms. The first kappa shape index (κ1) is 22.3. The van der Waals surface area contributed by atoms with E-state index in [1.807, 2.05) is 35.7 Å². The number of carbonyl (C=O) groups excluding carboxylic acids is 3. The average Bonchev–Trinajstić information content (AvgIpc) is 3.08. The number of benzene rings is 1. The van der Waals surface area contributed by atoms with Crippen LogP contribution in [0.3, 0.4) is 0 Å². The Morgan fingerprint density at radius 2 is 1.69 bits per heavy atom. The summed E-state index contributed by atoms with van der Waals surface area (Å²) < 4.78 is 9.70. The van der Waals surface area contributed by atoms with E-state index >= 15 is 0 Å². The number of ether oxygens (including phenoxy) is 2. The van der Waals surface area contributed by atoms with Crippen molar-refractivity contribution in [3.63, 3.8) is 0 Å². The Kier molecular flexibility index (Phi) is 9.04. The molecule has 2 rings (SSSR count). The second-order valence-corrected chi connectivity index (χ2v) is 6.54. The lowest BCUT2D eigenvalue weighted by molar-refractivity contribution is -0.138. The zero-order valence-corrected chi connectivity index (χ0v) is 17.3. The molecule has 8 heteroatoms. The van der Waals surface area contributed by atoms with Crippen molar-refractivity contribution in [3.8, 4) is 0 Å². The number of esters is 2. The second kappa shape index (κ2) is 11.8. The number of hydrogen-bond acceptors (Lipinski definition) is 6. The Labute approximate surface area is 174 Å². The van der Waals surface area contributed by atoms with E-state index in [4.69, 9.17) is 9.47 Å². The fraction of sp³-hybridized carbons (Fsp3) is 0.286. The summed E-state index contributed by atoms with van der Waals surface area (Å²) in [6.07, 6.45) is 4.03. The first-order chi connectivity index (χ1) is 14.1. The van der Waals surface area contributed by atoms with E-state index in [2.05, 4.69) is 0 Å². The van der Waals surface area contributed by atoms with Gasteiger partial charge in [0.15, 0.2) is 0 Å². The molecule has 1 aliphatic rings. The normalized spacial score (nSPS) is 14.8. The molecule has 7 nitrogen and oxygen atoms in total. The molecule has 1 aromatic rings. The number of hydrogen-bond donors (Lipinski definition) is 0. The van der Waals surface area contributed by atoms with Crippen molar-refractivity contribution in [3.05, 3.63) is 65.1 Å². The van der Waals surface area contributed by atoms with Crippen LogP contribution in [0.4, 0.5) is 4.79 Å². The standard InChI is InChI=1S/C21H24N2O5S/c1-3-27-19(24)10-12-22-13-14-23(21(22)26)18(17-8-6-5-7-9-17)16-29-15-11-20(25)28-4-2/h5-12,15-16H,3-4,13-14H2,1-2H3/b12-10+,15-11-,18-16-. The average molecular weight is 416 g/mol. The monoisotopic (exact) mass is 416 g/mol. The minimum absolute atomic E-state index is 0.240. The van der Waals surface area contributed by atoms with Crippen LogP contribution in [0.1, 0.15) is 19.4 Å². The molecule has 0 aliphatic carbocycles. The number of nitrogens with zero attached hydrogens (tertiary/aromatic N) is 2. The molecule has 2 amide bonds. The lowest BCUT2D eigenvalue weighted by atomic mass is 10.1. The van der Waals surface area contributed by atoms with Crippen LogP contribution in [0.25, 0.3) is 5.70 Å². The number of amides is 2. The van der Waals surface area contributed by atoms with Gasteiger partial charge in [0.05, 0.1) is 18.9 Å². The summed E-state index contributed by atoms with van der Waals surface area (Å²) in [5.74, 6) is -0.903. The van der Waals surface area contributed by atoms with Gasteiger partial charge in [-0.05, 0) is 30.2 Å². The van der Waals surface area contributed by atoms with Crippen LogP contribution >= 0.6 is 11.8 Å². The van der Waals surface area contributed by atoms with Crippen LogP contribution in [0.5, 0.6) is 0 Å². The van der Waals surface area contributed by atoms with Crippen molar-refractivity contribution < 1.29 is 23.9 Å². The maximum Gasteiger partial charge on any atom is 0.332 e. The summed E-state index contributed by atoms with van der Waals surface area (Å²) in [5, 5.41) is 3.42. The highest BCUT2D eigenvalue weighted by atomic mass is 32.2. The molecule has 154 valence electrons. The van der Waals surface area contributed by atoms with E-state index in [1.165, 1.54) is 35.0 Å². The third-order valence-electron chi connectivity index (χ3n) is 3.83. The van der Waals surface area contributed by atoms with Crippen molar-refractivity contribution in [2.75, 3.05) is 26.3 Å². The van der Waals surface area contributed by atoms with Crippen LogP contribution in [0, 0.1) is 0 Å². The number of rotatable bonds is 9. The zero-order valence-electron chi connectivity index (χ0n) is 16.4. The van der Waals surface area contributed by atoms with Gasteiger partial charge in [0.25, 0.3) is 0 Å². The molecule has 29 heavy (non-hydrogen) atoms. The minimum atomic E-state index is -0.489. The van der Waals surface area contributed by atoms with Gasteiger partial charge in [-0.2, -0.15) is 0 Å². The van der Waals surface area contributed by atoms with Gasteiger partial charge in [0, 0.05) is 31.4 Å². The van der Waals surface area contributed by atoms with Crippen LogP contribution < -0.4 is 0 Å². The lowest BCUT2D eigenvalue weighted by Crippen LogP contribution is -2.28. The van der Waals surface area contributed by atoms with Gasteiger partial charge < -0.3 is 9.47 Å². The van der Waals surface area contributed by atoms with Crippen molar-refractivity contribution in [1.82, 2.24) is 9.80 Å². The Bertz CT molecular complexity index is 805. The molecule has 1 aliphatic heterocycles. The SMILES string of the molecule is CCOC(=O)/C=C\S/C=C(/c1ccccc1)N1CCN(/C=C/C(=O)OCC)C1=O. The van der Waals surface area contributed by atoms with Crippen molar-refractivity contribution in [2.24, 2.45) is 0 Å². The van der Waals surface area contributed by atoms with Crippen molar-refractivity contribution >= 4 is 35.4 Å². The van der Waals surface area contributed by atoms with E-state index in [-0.39, 0.29) is 12.6 Å². The Balaban J connectivity index is 2.15. The molecule has 0 atom stereocenters. The molecule has 0 radical (unpaired) electrons. The predicted octanol–water partition coefficient (Wildman–Crippen LogP) is 3.61. The molecule has 1 saturated heterocycles. The van der Waals surface area contributed by atoms with E-state index in [9.17, 15) is 14.4 Å². The Hall–Kier alpha value is -3.00. The topological polar surface area (TPSA) is 76.2 Å². The van der Waals surface area contributed by atoms with E-state index in [0.717, 1.165) is 5.56 Å². The summed E-state index contributed by atoms with van der Waals surface area (Å²) >= 11 is 1.28. The molecule has 0 aromatic heterocycles. The summed E-state index contributed by atoms with van der Waals surface area (Å²) in [5.41, 5.74) is 1.58. The first-order valence-corrected chi connectivity index (χ1v) is 10.2. The molecule has 1 heterocycles. The van der Waals surface area contributed by atoms with E-state index < -0.39 is 11.9 Å². The zero-order chi connectivity index (χ0) is 21.1. The number of urea groups is 1. The number of carbonyl (C=O) groups is 3. The minimum Gasteiger partial charge on any atom is -0.463 e. The Morgan fingerprint density at radius 3 is 2.34 bits per heavy atom. The maximum absolute atomic E-state index is 12.8. The fourth-order valence-corrected chi connectivity index (χ4v) is 3.20. The summed E-state index contributed by atoms with van der Waals surface area (Å²) in [6.45, 7) is 4.97. The van der Waals surface area contributed by atoms with Gasteiger partial charge in [0.2, 0.25) is 0 Å². The van der Waals surface area contributed by atoms with Crippen molar-refractivity contribution in [2.45, 2.75) is 13.8 Å². The molecular formula is C21H24N2O5S. The van der Waals surface area contributed by atoms with Crippen LogP contribution in [-0.2, 0) is 19.1 Å². The van der Waals surface area contributed by atoms with Crippen LogP contribution in [0.2, 0.25) is 0 Å². The highest BCUT2D eigenvalue weighted by Gasteiger charge is 2.30. The molecule has 1 aromatic carbocycles. The van der Waals surface area contributed by atoms with E-state index in [0.29, 0.717) is 25.4 Å². The Morgan fingerprint density at radius 1 is 1.03 bits per heavy atom. The largest absolute Gasteiger partial charge is 0.463 e. The lowest BCUT2D eigenvalue weighted by Gasteiger charge is -2.20. The smallest absolute Gasteiger partial charge is 0.332 e. The van der Waals surface area contributed by atoms with Gasteiger partial charge >= 0.3 is 18.0 Å². The summed E-state index contributed by atoms with van der Waals surface area (Å²) in [4.78, 5) is 38.8. The molecule has 0 bridgehead atoms. The predicted molar refractivity (Wildman–Crippen MR) is 112 cm³/mol. The van der Waals surface area contributed by atoms with Gasteiger partial charge in [-0.3, -0.25) is 9.80 Å². The van der Waals surface area contributed by atoms with Gasteiger partial charge in [0.1, 0.15) is 0 Å². The highest BCUT2D eigenvalue weighted by Crippen LogP contribution is 2.27. The fourth-order valence-electron chi connectivity index (χ4n) is 2.54. The van der Waals surface area contributed by atoms with Gasteiger partial charge in [-0.15, -0.1) is 11.8 Å².